The molecule has 0 saturated heterocycles. The summed E-state index contributed by atoms with van der Waals surface area (Å²) in [5.74, 6) is 0. The molecule has 0 amide bonds. The third kappa shape index (κ3) is 6.59. The van der Waals surface area contributed by atoms with Crippen molar-refractivity contribution in [3.63, 3.8) is 0 Å². The van der Waals surface area contributed by atoms with Gasteiger partial charge in [-0.05, 0) is 0 Å². The Bertz CT molecular complexity index is 118. The molecule has 0 heterocycles. The molecule has 0 aliphatic heterocycles. The number of rotatable bonds is 6. The van der Waals surface area contributed by atoms with Crippen molar-refractivity contribution in [1.29, 1.82) is 0 Å². The van der Waals surface area contributed by atoms with Crippen molar-refractivity contribution in [2.75, 3.05) is 13.2 Å². The molecule has 0 bridgehead atoms. The average Bonchev–Trinajstić information content (AvgIpc) is 1.97. The maximum atomic E-state index is 5.50. The summed E-state index contributed by atoms with van der Waals surface area (Å²) in [5, 5.41) is 0. The van der Waals surface area contributed by atoms with Crippen LogP contribution in [0.2, 0.25) is 9.88 Å². The van der Waals surface area contributed by atoms with Crippen molar-refractivity contribution in [3.05, 3.63) is 25.3 Å². The van der Waals surface area contributed by atoms with Gasteiger partial charge in [-0.15, -0.1) is 0 Å². The van der Waals surface area contributed by atoms with E-state index in [9.17, 15) is 0 Å². The summed E-state index contributed by atoms with van der Waals surface area (Å²) < 4.78 is 11.0. The Balaban J connectivity index is 3.59. The molecule has 11 heavy (non-hydrogen) atoms. The van der Waals surface area contributed by atoms with E-state index in [0.717, 1.165) is 0 Å². The second-order valence-electron chi connectivity index (χ2n) is 2.60. The fourth-order valence-electron chi connectivity index (χ4n) is 0.561. The molecule has 64 valence electrons. The van der Waals surface area contributed by atoms with Crippen LogP contribution in [0.5, 0.6) is 0 Å². The van der Waals surface area contributed by atoms with E-state index in [0.29, 0.717) is 13.2 Å². The first-order chi connectivity index (χ1) is 5.12. The van der Waals surface area contributed by atoms with E-state index in [4.69, 9.17) is 6.15 Å². The molecule has 0 N–H and O–H groups in total. The Morgan fingerprint density at radius 1 is 1.09 bits per heavy atom. The predicted molar refractivity (Wildman–Crippen MR) is 49.8 cm³/mol. The molecule has 0 aromatic rings. The minimum atomic E-state index is -2.58. The van der Waals surface area contributed by atoms with Crippen molar-refractivity contribution in [1.82, 2.24) is 0 Å². The fraction of sp³-hybridized carbons (Fsp3) is 0.500. The second kappa shape index (κ2) is 5.80. The summed E-state index contributed by atoms with van der Waals surface area (Å²) in [4.78, 5) is 4.14. The van der Waals surface area contributed by atoms with Crippen molar-refractivity contribution in [2.45, 2.75) is 9.88 Å². The normalized spacial score (nSPS) is 11.1. The summed E-state index contributed by atoms with van der Waals surface area (Å²) in [6.45, 7) is 8.35. The fourth-order valence-corrected chi connectivity index (χ4v) is 3.76. The van der Waals surface area contributed by atoms with Crippen LogP contribution < -0.4 is 0 Å². The third-order valence-corrected chi connectivity index (χ3v) is 6.02. The van der Waals surface area contributed by atoms with Crippen molar-refractivity contribution in [2.24, 2.45) is 0 Å². The zero-order chi connectivity index (χ0) is 8.74. The SMILES string of the molecule is C=CC[O][Sn]([CH3])([CH3])[O]CC=C. The monoisotopic (exact) mass is 264 g/mol. The van der Waals surface area contributed by atoms with Crippen LogP contribution in [-0.2, 0) is 6.15 Å². The van der Waals surface area contributed by atoms with Crippen LogP contribution in [0.15, 0.2) is 25.3 Å². The zero-order valence-corrected chi connectivity index (χ0v) is 10.2. The molecule has 0 fully saturated rings. The molecule has 0 aliphatic carbocycles. The van der Waals surface area contributed by atoms with Gasteiger partial charge >= 0.3 is 73.8 Å². The summed E-state index contributed by atoms with van der Waals surface area (Å²) in [6, 6.07) is 0. The Morgan fingerprint density at radius 3 is 1.73 bits per heavy atom. The molecule has 0 aromatic carbocycles. The molecule has 0 spiro atoms. The molecule has 0 unspecified atom stereocenters. The van der Waals surface area contributed by atoms with Gasteiger partial charge in [-0.2, -0.15) is 0 Å². The van der Waals surface area contributed by atoms with E-state index >= 15 is 0 Å². The Morgan fingerprint density at radius 2 is 1.45 bits per heavy atom. The van der Waals surface area contributed by atoms with Crippen molar-refractivity contribution in [3.8, 4) is 0 Å². The maximum absolute atomic E-state index is 5.50. The molecule has 0 saturated carbocycles. The molecule has 0 rings (SSSR count). The molecular formula is C8H16O2Sn. The first kappa shape index (κ1) is 11.2. The Labute approximate surface area is 73.9 Å². The Kier molecular flexibility index (Phi) is 5.90. The summed E-state index contributed by atoms with van der Waals surface area (Å²) in [6.07, 6.45) is 3.49. The van der Waals surface area contributed by atoms with Crippen LogP contribution >= 0.6 is 0 Å². The molecule has 0 radical (unpaired) electrons. The van der Waals surface area contributed by atoms with E-state index in [2.05, 4.69) is 23.0 Å². The van der Waals surface area contributed by atoms with Crippen LogP contribution in [0, 0.1) is 0 Å². The van der Waals surface area contributed by atoms with Gasteiger partial charge in [0.1, 0.15) is 0 Å². The summed E-state index contributed by atoms with van der Waals surface area (Å²) in [7, 11) is 0. The quantitative estimate of drug-likeness (QED) is 0.539. The van der Waals surface area contributed by atoms with E-state index in [-0.39, 0.29) is 0 Å². The molecular weight excluding hydrogens is 247 g/mol. The van der Waals surface area contributed by atoms with Gasteiger partial charge in [-0.25, -0.2) is 0 Å². The van der Waals surface area contributed by atoms with E-state index < -0.39 is 19.2 Å². The first-order valence-corrected chi connectivity index (χ1v) is 11.7. The number of hydrogen-bond donors (Lipinski definition) is 0. The van der Waals surface area contributed by atoms with Crippen LogP contribution in [0.3, 0.4) is 0 Å². The van der Waals surface area contributed by atoms with Gasteiger partial charge in [-0.1, -0.05) is 0 Å². The van der Waals surface area contributed by atoms with Crippen LogP contribution in [0.4, 0.5) is 0 Å². The molecule has 0 atom stereocenters. The number of hydrogen-bond acceptors (Lipinski definition) is 2. The standard InChI is InChI=1S/2C3H5O.2CH3.Sn/c2*1-2-3-4;;;/h2*2H,1,3H2;2*1H3;/q2*-1;;;+2. The van der Waals surface area contributed by atoms with Crippen LogP contribution in [0.1, 0.15) is 0 Å². The van der Waals surface area contributed by atoms with E-state index in [1.54, 1.807) is 12.2 Å². The van der Waals surface area contributed by atoms with Crippen LogP contribution in [-0.4, -0.2) is 32.4 Å². The Hall–Kier alpha value is 0.199. The van der Waals surface area contributed by atoms with Crippen molar-refractivity contribution < 1.29 is 6.15 Å². The van der Waals surface area contributed by atoms with Crippen molar-refractivity contribution >= 4 is 19.2 Å². The van der Waals surface area contributed by atoms with Gasteiger partial charge in [0.2, 0.25) is 0 Å². The molecule has 2 nitrogen and oxygen atoms in total. The van der Waals surface area contributed by atoms with Gasteiger partial charge < -0.3 is 0 Å². The average molecular weight is 263 g/mol. The molecule has 3 heteroatoms. The van der Waals surface area contributed by atoms with Gasteiger partial charge in [0, 0.05) is 0 Å². The minimum absolute atomic E-state index is 0.597. The zero-order valence-electron chi connectivity index (χ0n) is 7.30. The predicted octanol–water partition coefficient (Wildman–Crippen LogP) is 2.09. The molecule has 0 aliphatic rings. The molecule has 0 aromatic heterocycles. The van der Waals surface area contributed by atoms with Gasteiger partial charge in [0.25, 0.3) is 0 Å². The van der Waals surface area contributed by atoms with Gasteiger partial charge in [-0.3, -0.25) is 0 Å². The third-order valence-electron chi connectivity index (χ3n) is 1.10. The first-order valence-electron chi connectivity index (χ1n) is 3.62. The topological polar surface area (TPSA) is 18.5 Å². The van der Waals surface area contributed by atoms with Gasteiger partial charge in [0.15, 0.2) is 0 Å². The van der Waals surface area contributed by atoms with E-state index in [1.165, 1.54) is 0 Å². The second-order valence-corrected chi connectivity index (χ2v) is 12.2. The van der Waals surface area contributed by atoms with E-state index in [1.807, 2.05) is 0 Å². The summed E-state index contributed by atoms with van der Waals surface area (Å²) in [5.41, 5.74) is 0. The van der Waals surface area contributed by atoms with Gasteiger partial charge in [0.05, 0.1) is 0 Å². The summed E-state index contributed by atoms with van der Waals surface area (Å²) >= 11 is -2.58. The van der Waals surface area contributed by atoms with Crippen LogP contribution in [0.25, 0.3) is 0 Å².